The fourth-order valence-corrected chi connectivity index (χ4v) is 3.99. The second-order valence-corrected chi connectivity index (χ2v) is 7.61. The van der Waals surface area contributed by atoms with E-state index in [0.717, 1.165) is 16.0 Å². The summed E-state index contributed by atoms with van der Waals surface area (Å²) in [6.45, 7) is 1.88. The van der Waals surface area contributed by atoms with Gasteiger partial charge in [-0.1, -0.05) is 11.6 Å². The predicted molar refractivity (Wildman–Crippen MR) is 102 cm³/mol. The molecule has 2 aromatic heterocycles. The molecule has 1 atom stereocenters. The lowest BCUT2D eigenvalue weighted by Gasteiger charge is -2.23. The molecule has 2 amide bonds. The molecule has 1 aromatic carbocycles. The molecule has 1 unspecified atom stereocenters. The number of aromatic nitrogens is 3. The molecule has 9 heteroatoms. The van der Waals surface area contributed by atoms with Crippen LogP contribution in [0.1, 0.15) is 12.1 Å². The molecule has 132 valence electrons. The van der Waals surface area contributed by atoms with Gasteiger partial charge in [-0.05, 0) is 31.2 Å². The van der Waals surface area contributed by atoms with Crippen molar-refractivity contribution in [3.8, 4) is 0 Å². The van der Waals surface area contributed by atoms with E-state index in [-0.39, 0.29) is 18.2 Å². The number of benzene rings is 1. The largest absolute Gasteiger partial charge is 0.325 e. The summed E-state index contributed by atoms with van der Waals surface area (Å²) >= 11 is 7.30. The molecule has 3 aromatic rings. The Morgan fingerprint density at radius 3 is 3.08 bits per heavy atom. The summed E-state index contributed by atoms with van der Waals surface area (Å²) in [4.78, 5) is 29.7. The molecule has 1 aliphatic heterocycles. The van der Waals surface area contributed by atoms with E-state index in [9.17, 15) is 9.59 Å². The Bertz CT molecular complexity index is 1040. The fraction of sp³-hybridized carbons (Fsp3) is 0.176. The number of halogens is 1. The average Bonchev–Trinajstić information content (AvgIpc) is 2.96. The summed E-state index contributed by atoms with van der Waals surface area (Å²) in [6, 6.07) is 7.11. The van der Waals surface area contributed by atoms with E-state index in [1.54, 1.807) is 18.3 Å². The van der Waals surface area contributed by atoms with Crippen LogP contribution < -0.4 is 10.6 Å². The van der Waals surface area contributed by atoms with Crippen LogP contribution in [0.4, 0.5) is 11.4 Å². The predicted octanol–water partition coefficient (Wildman–Crippen LogP) is 3.36. The van der Waals surface area contributed by atoms with Crippen molar-refractivity contribution in [3.05, 3.63) is 41.2 Å². The molecular formula is C17H14ClN5O2S. The third kappa shape index (κ3) is 3.25. The number of thioether (sulfide) groups is 1. The van der Waals surface area contributed by atoms with Crippen molar-refractivity contribution in [2.24, 2.45) is 0 Å². The minimum Gasteiger partial charge on any atom is -0.325 e. The van der Waals surface area contributed by atoms with Gasteiger partial charge in [0, 0.05) is 27.4 Å². The molecule has 3 N–H and O–H groups in total. The van der Waals surface area contributed by atoms with Gasteiger partial charge in [0.1, 0.15) is 0 Å². The molecular weight excluding hydrogens is 374 g/mol. The Morgan fingerprint density at radius 2 is 2.23 bits per heavy atom. The highest BCUT2D eigenvalue weighted by molar-refractivity contribution is 8.01. The number of nitrogens with zero attached hydrogens (tertiary/aromatic N) is 2. The lowest BCUT2D eigenvalue weighted by atomic mass is 10.2. The highest BCUT2D eigenvalue weighted by atomic mass is 35.5. The van der Waals surface area contributed by atoms with Crippen LogP contribution in [0.25, 0.3) is 11.0 Å². The normalized spacial score (nSPS) is 16.2. The number of aryl methyl sites for hydroxylation is 1. The van der Waals surface area contributed by atoms with Crippen molar-refractivity contribution in [2.75, 3.05) is 10.6 Å². The SMILES string of the molecule is Cc1[nH]nc2ncc(NC(=O)CC3Sc4ccc(Cl)cc4NC3=O)cc12. The van der Waals surface area contributed by atoms with Crippen molar-refractivity contribution < 1.29 is 9.59 Å². The van der Waals surface area contributed by atoms with E-state index in [0.29, 0.717) is 22.0 Å². The van der Waals surface area contributed by atoms with Crippen LogP contribution in [0.3, 0.4) is 0 Å². The molecule has 0 saturated heterocycles. The van der Waals surface area contributed by atoms with E-state index in [1.165, 1.54) is 11.8 Å². The number of hydrogen-bond donors (Lipinski definition) is 3. The van der Waals surface area contributed by atoms with Crippen LogP contribution >= 0.6 is 23.4 Å². The first kappa shape index (κ1) is 16.9. The maximum Gasteiger partial charge on any atom is 0.238 e. The molecule has 4 rings (SSSR count). The van der Waals surface area contributed by atoms with Gasteiger partial charge in [-0.3, -0.25) is 14.7 Å². The first-order valence-corrected chi connectivity index (χ1v) is 9.13. The number of fused-ring (bicyclic) bond motifs is 2. The highest BCUT2D eigenvalue weighted by Crippen LogP contribution is 2.38. The number of amides is 2. The summed E-state index contributed by atoms with van der Waals surface area (Å²) in [6.07, 6.45) is 1.60. The summed E-state index contributed by atoms with van der Waals surface area (Å²) in [5.74, 6) is -0.462. The van der Waals surface area contributed by atoms with Crippen LogP contribution in [-0.4, -0.2) is 32.2 Å². The number of carbonyl (C=O) groups excluding carboxylic acids is 2. The number of aromatic amines is 1. The van der Waals surface area contributed by atoms with Crippen molar-refractivity contribution in [2.45, 2.75) is 23.5 Å². The zero-order chi connectivity index (χ0) is 18.3. The van der Waals surface area contributed by atoms with Gasteiger partial charge in [-0.25, -0.2) is 4.98 Å². The number of hydrogen-bond acceptors (Lipinski definition) is 5. The minimum absolute atomic E-state index is 0.0565. The zero-order valence-electron chi connectivity index (χ0n) is 13.7. The molecule has 7 nitrogen and oxygen atoms in total. The monoisotopic (exact) mass is 387 g/mol. The summed E-state index contributed by atoms with van der Waals surface area (Å²) in [5, 5.41) is 13.4. The average molecular weight is 388 g/mol. The van der Waals surface area contributed by atoms with E-state index in [1.807, 2.05) is 19.1 Å². The van der Waals surface area contributed by atoms with Crippen molar-refractivity contribution in [1.82, 2.24) is 15.2 Å². The van der Waals surface area contributed by atoms with E-state index in [4.69, 9.17) is 11.6 Å². The van der Waals surface area contributed by atoms with Gasteiger partial charge < -0.3 is 10.6 Å². The summed E-state index contributed by atoms with van der Waals surface area (Å²) in [5.41, 5.74) is 2.72. The van der Waals surface area contributed by atoms with Gasteiger partial charge in [-0.2, -0.15) is 5.10 Å². The molecule has 0 bridgehead atoms. The van der Waals surface area contributed by atoms with Crippen LogP contribution in [0.15, 0.2) is 35.4 Å². The lowest BCUT2D eigenvalue weighted by Crippen LogP contribution is -2.32. The van der Waals surface area contributed by atoms with E-state index < -0.39 is 5.25 Å². The molecule has 0 spiro atoms. The molecule has 0 radical (unpaired) electrons. The van der Waals surface area contributed by atoms with E-state index >= 15 is 0 Å². The van der Waals surface area contributed by atoms with E-state index in [2.05, 4.69) is 25.8 Å². The highest BCUT2D eigenvalue weighted by Gasteiger charge is 2.29. The van der Waals surface area contributed by atoms with Gasteiger partial charge in [0.25, 0.3) is 0 Å². The van der Waals surface area contributed by atoms with Crippen molar-refractivity contribution >= 4 is 57.6 Å². The Labute approximate surface area is 157 Å². The standard InChI is InChI=1S/C17H14ClN5O2S/c1-8-11-5-10(7-19-16(11)23-22-8)20-15(24)6-14-17(25)21-12-4-9(18)2-3-13(12)26-14/h2-5,7,14H,6H2,1H3,(H,20,24)(H,21,25)(H,19,22,23). The number of H-pyrrole nitrogens is 1. The molecule has 0 aliphatic carbocycles. The molecule has 26 heavy (non-hydrogen) atoms. The van der Waals surface area contributed by atoms with Crippen LogP contribution in [0, 0.1) is 6.92 Å². The second-order valence-electron chi connectivity index (χ2n) is 5.93. The first-order chi connectivity index (χ1) is 12.5. The van der Waals surface area contributed by atoms with Crippen molar-refractivity contribution in [3.63, 3.8) is 0 Å². The first-order valence-electron chi connectivity index (χ1n) is 7.87. The van der Waals surface area contributed by atoms with Gasteiger partial charge >= 0.3 is 0 Å². The number of rotatable bonds is 3. The molecule has 1 aliphatic rings. The number of nitrogens with one attached hydrogen (secondary N) is 3. The Morgan fingerprint density at radius 1 is 1.38 bits per heavy atom. The molecule has 0 fully saturated rings. The van der Waals surface area contributed by atoms with Crippen LogP contribution in [0.2, 0.25) is 5.02 Å². The third-order valence-corrected chi connectivity index (χ3v) is 5.53. The second kappa shape index (κ2) is 6.62. The Balaban J connectivity index is 1.46. The maximum absolute atomic E-state index is 12.4. The quantitative estimate of drug-likeness (QED) is 0.639. The number of anilines is 2. The maximum atomic E-state index is 12.4. The third-order valence-electron chi connectivity index (χ3n) is 4.02. The summed E-state index contributed by atoms with van der Waals surface area (Å²) < 4.78 is 0. The topological polar surface area (TPSA) is 99.8 Å². The van der Waals surface area contributed by atoms with Crippen LogP contribution in [0.5, 0.6) is 0 Å². The smallest absolute Gasteiger partial charge is 0.238 e. The summed E-state index contributed by atoms with van der Waals surface area (Å²) in [7, 11) is 0. The Kier molecular flexibility index (Phi) is 4.29. The fourth-order valence-electron chi connectivity index (χ4n) is 2.73. The Hall–Kier alpha value is -2.58. The molecule has 0 saturated carbocycles. The minimum atomic E-state index is -0.504. The van der Waals surface area contributed by atoms with Gasteiger partial charge in [-0.15, -0.1) is 11.8 Å². The number of pyridine rings is 1. The van der Waals surface area contributed by atoms with Crippen molar-refractivity contribution in [1.29, 1.82) is 0 Å². The van der Waals surface area contributed by atoms with Crippen LogP contribution in [-0.2, 0) is 9.59 Å². The zero-order valence-corrected chi connectivity index (χ0v) is 15.2. The molecule has 3 heterocycles. The van der Waals surface area contributed by atoms with Gasteiger partial charge in [0.2, 0.25) is 11.8 Å². The van der Waals surface area contributed by atoms with Gasteiger partial charge in [0.15, 0.2) is 5.65 Å². The van der Waals surface area contributed by atoms with Gasteiger partial charge in [0.05, 0.1) is 22.8 Å². The lowest BCUT2D eigenvalue weighted by molar-refractivity contribution is -0.120. The number of carbonyl (C=O) groups is 2.